The molecular formula is C10H9N3O. The van der Waals surface area contributed by atoms with E-state index in [1.807, 2.05) is 6.07 Å². The third kappa shape index (κ3) is 1.19. The number of carbonyl (C=O) groups excluding carboxylic acids is 1. The molecule has 0 radical (unpaired) electrons. The number of hydrogen-bond acceptors (Lipinski definition) is 3. The van der Waals surface area contributed by atoms with Crippen LogP contribution in [0.25, 0.3) is 0 Å². The normalized spacial score (nSPS) is 14.8. The van der Waals surface area contributed by atoms with E-state index in [1.165, 1.54) is 0 Å². The highest BCUT2D eigenvalue weighted by Gasteiger charge is 2.26. The van der Waals surface area contributed by atoms with Crippen LogP contribution in [0.5, 0.6) is 0 Å². The summed E-state index contributed by atoms with van der Waals surface area (Å²) in [6.07, 6.45) is 0.565. The van der Waals surface area contributed by atoms with E-state index in [0.29, 0.717) is 29.9 Å². The number of nitrogens with zero attached hydrogens (tertiary/aromatic N) is 2. The molecule has 1 amide bonds. The fourth-order valence-corrected chi connectivity index (χ4v) is 1.45. The van der Waals surface area contributed by atoms with Gasteiger partial charge in [-0.05, 0) is 18.2 Å². The maximum absolute atomic E-state index is 11.2. The minimum Gasteiger partial charge on any atom is -0.399 e. The molecule has 1 aromatic carbocycles. The van der Waals surface area contributed by atoms with Crippen LogP contribution in [0, 0.1) is 11.3 Å². The average Bonchev–Trinajstić information content (AvgIpc) is 2.18. The van der Waals surface area contributed by atoms with Crippen LogP contribution in [-0.2, 0) is 4.79 Å². The molecule has 0 atom stereocenters. The smallest absolute Gasteiger partial charge is 0.228 e. The highest BCUT2D eigenvalue weighted by Crippen LogP contribution is 2.26. The molecule has 14 heavy (non-hydrogen) atoms. The summed E-state index contributed by atoms with van der Waals surface area (Å²) in [4.78, 5) is 12.8. The second-order valence-corrected chi connectivity index (χ2v) is 3.18. The summed E-state index contributed by atoms with van der Waals surface area (Å²) < 4.78 is 0. The van der Waals surface area contributed by atoms with Crippen molar-refractivity contribution in [1.82, 2.24) is 0 Å². The number of rotatable bonds is 1. The van der Waals surface area contributed by atoms with Gasteiger partial charge in [0.05, 0.1) is 11.3 Å². The number of carbonyl (C=O) groups is 1. The van der Waals surface area contributed by atoms with Gasteiger partial charge in [0.1, 0.15) is 6.07 Å². The Morgan fingerprint density at radius 1 is 1.50 bits per heavy atom. The zero-order valence-corrected chi connectivity index (χ0v) is 7.53. The molecule has 2 N–H and O–H groups in total. The standard InChI is InChI=1S/C10H9N3O/c11-6-7-5-8(12)1-2-9(7)13-4-3-10(13)14/h1-2,5H,3-4,12H2. The minimum absolute atomic E-state index is 0.0614. The predicted octanol–water partition coefficient (Wildman–Crippen LogP) is 0.877. The first-order chi connectivity index (χ1) is 6.72. The first kappa shape index (κ1) is 8.57. The van der Waals surface area contributed by atoms with Crippen molar-refractivity contribution in [3.05, 3.63) is 23.8 Å². The molecule has 1 aliphatic rings. The lowest BCUT2D eigenvalue weighted by molar-refractivity contribution is -0.122. The van der Waals surface area contributed by atoms with E-state index in [9.17, 15) is 4.79 Å². The van der Waals surface area contributed by atoms with E-state index in [2.05, 4.69) is 0 Å². The fraction of sp³-hybridized carbons (Fsp3) is 0.200. The zero-order chi connectivity index (χ0) is 10.1. The second kappa shape index (κ2) is 3.04. The van der Waals surface area contributed by atoms with E-state index in [1.54, 1.807) is 23.1 Å². The van der Waals surface area contributed by atoms with Crippen LogP contribution in [0.4, 0.5) is 11.4 Å². The molecule has 4 heteroatoms. The van der Waals surface area contributed by atoms with Crippen molar-refractivity contribution in [1.29, 1.82) is 5.26 Å². The number of nitriles is 1. The third-order valence-corrected chi connectivity index (χ3v) is 2.28. The Morgan fingerprint density at radius 2 is 2.29 bits per heavy atom. The second-order valence-electron chi connectivity index (χ2n) is 3.18. The Morgan fingerprint density at radius 3 is 2.79 bits per heavy atom. The van der Waals surface area contributed by atoms with Crippen molar-refractivity contribution in [2.45, 2.75) is 6.42 Å². The van der Waals surface area contributed by atoms with Crippen LogP contribution in [0.1, 0.15) is 12.0 Å². The maximum atomic E-state index is 11.2. The van der Waals surface area contributed by atoms with Crippen molar-refractivity contribution in [2.75, 3.05) is 17.2 Å². The number of benzene rings is 1. The highest BCUT2D eigenvalue weighted by atomic mass is 16.2. The quantitative estimate of drug-likeness (QED) is 0.524. The lowest BCUT2D eigenvalue weighted by Crippen LogP contribution is -2.43. The molecular weight excluding hydrogens is 178 g/mol. The van der Waals surface area contributed by atoms with Gasteiger partial charge in [0.15, 0.2) is 0 Å². The third-order valence-electron chi connectivity index (χ3n) is 2.28. The topological polar surface area (TPSA) is 70.1 Å². The highest BCUT2D eigenvalue weighted by molar-refractivity contribution is 6.00. The van der Waals surface area contributed by atoms with Crippen LogP contribution in [0.15, 0.2) is 18.2 Å². The van der Waals surface area contributed by atoms with Gasteiger partial charge in [0.2, 0.25) is 5.91 Å². The number of hydrogen-bond donors (Lipinski definition) is 1. The Hall–Kier alpha value is -2.02. The van der Waals surface area contributed by atoms with Crippen molar-refractivity contribution in [2.24, 2.45) is 0 Å². The molecule has 0 unspecified atom stereocenters. The molecule has 0 spiro atoms. The van der Waals surface area contributed by atoms with E-state index in [4.69, 9.17) is 11.0 Å². The van der Waals surface area contributed by atoms with Crippen molar-refractivity contribution in [3.63, 3.8) is 0 Å². The number of β-lactam (4-membered cyclic amide) rings is 1. The van der Waals surface area contributed by atoms with Gasteiger partial charge in [-0.3, -0.25) is 4.79 Å². The van der Waals surface area contributed by atoms with Crippen LogP contribution < -0.4 is 10.6 Å². The van der Waals surface area contributed by atoms with E-state index < -0.39 is 0 Å². The van der Waals surface area contributed by atoms with Crippen LogP contribution in [0.2, 0.25) is 0 Å². The number of nitrogens with two attached hydrogens (primary N) is 1. The minimum atomic E-state index is 0.0614. The van der Waals surface area contributed by atoms with Gasteiger partial charge in [-0.1, -0.05) is 0 Å². The molecule has 1 heterocycles. The van der Waals surface area contributed by atoms with Gasteiger partial charge >= 0.3 is 0 Å². The summed E-state index contributed by atoms with van der Waals surface area (Å²) in [5, 5.41) is 8.85. The van der Waals surface area contributed by atoms with Crippen LogP contribution >= 0.6 is 0 Å². The summed E-state index contributed by atoms with van der Waals surface area (Å²) >= 11 is 0. The van der Waals surface area contributed by atoms with Gasteiger partial charge < -0.3 is 10.6 Å². The average molecular weight is 187 g/mol. The zero-order valence-electron chi connectivity index (χ0n) is 7.53. The molecule has 0 aromatic heterocycles. The van der Waals surface area contributed by atoms with Crippen molar-refractivity contribution in [3.8, 4) is 6.07 Å². The summed E-state index contributed by atoms with van der Waals surface area (Å²) in [7, 11) is 0. The van der Waals surface area contributed by atoms with Crippen molar-refractivity contribution < 1.29 is 4.79 Å². The monoisotopic (exact) mass is 187 g/mol. The van der Waals surface area contributed by atoms with Crippen LogP contribution in [0.3, 0.4) is 0 Å². The van der Waals surface area contributed by atoms with E-state index in [0.717, 1.165) is 0 Å². The fourth-order valence-electron chi connectivity index (χ4n) is 1.45. The van der Waals surface area contributed by atoms with E-state index >= 15 is 0 Å². The SMILES string of the molecule is N#Cc1cc(N)ccc1N1CCC1=O. The number of nitrogen functional groups attached to an aromatic ring is 1. The molecule has 0 aliphatic carbocycles. The molecule has 4 nitrogen and oxygen atoms in total. The molecule has 1 aromatic rings. The lowest BCUT2D eigenvalue weighted by atomic mass is 10.1. The molecule has 0 saturated carbocycles. The van der Waals surface area contributed by atoms with E-state index in [-0.39, 0.29) is 5.91 Å². The van der Waals surface area contributed by atoms with Gasteiger partial charge in [0, 0.05) is 18.7 Å². The van der Waals surface area contributed by atoms with Crippen LogP contribution in [-0.4, -0.2) is 12.5 Å². The summed E-state index contributed by atoms with van der Waals surface area (Å²) in [6.45, 7) is 0.692. The molecule has 2 rings (SSSR count). The number of anilines is 2. The Labute approximate surface area is 81.5 Å². The Kier molecular flexibility index (Phi) is 1.86. The molecule has 70 valence electrons. The predicted molar refractivity (Wildman–Crippen MR) is 52.5 cm³/mol. The van der Waals surface area contributed by atoms with Crippen molar-refractivity contribution >= 4 is 17.3 Å². The largest absolute Gasteiger partial charge is 0.399 e. The summed E-state index contributed by atoms with van der Waals surface area (Å²) in [5.41, 5.74) is 7.20. The van der Waals surface area contributed by atoms with Gasteiger partial charge in [-0.25, -0.2) is 0 Å². The van der Waals surface area contributed by atoms with Gasteiger partial charge in [0.25, 0.3) is 0 Å². The molecule has 1 fully saturated rings. The number of amides is 1. The first-order valence-corrected chi connectivity index (χ1v) is 4.32. The molecule has 1 saturated heterocycles. The van der Waals surface area contributed by atoms with Gasteiger partial charge in [-0.15, -0.1) is 0 Å². The summed E-state index contributed by atoms with van der Waals surface area (Å²) in [6, 6.07) is 7.03. The first-order valence-electron chi connectivity index (χ1n) is 4.32. The maximum Gasteiger partial charge on any atom is 0.228 e. The van der Waals surface area contributed by atoms with Gasteiger partial charge in [-0.2, -0.15) is 5.26 Å². The summed E-state index contributed by atoms with van der Waals surface area (Å²) in [5.74, 6) is 0.0614. The Bertz CT molecular complexity index is 433. The molecule has 1 aliphatic heterocycles. The molecule has 0 bridgehead atoms. The lowest BCUT2D eigenvalue weighted by Gasteiger charge is -2.31. The Balaban J connectivity index is 2.43.